The van der Waals surface area contributed by atoms with Gasteiger partial charge in [-0.25, -0.2) is 4.57 Å². The molecule has 2 aromatic carbocycles. The largest absolute Gasteiger partial charge is 0.464 e. The summed E-state index contributed by atoms with van der Waals surface area (Å²) in [6, 6.07) is 11.6. The Morgan fingerprint density at radius 3 is 2.52 bits per heavy atom. The third-order valence-corrected chi connectivity index (χ3v) is 4.49. The summed E-state index contributed by atoms with van der Waals surface area (Å²) in [5.41, 5.74) is -0.183. The summed E-state index contributed by atoms with van der Waals surface area (Å²) in [6.45, 7) is 7.47. The Bertz CT molecular complexity index is 794. The Balaban J connectivity index is 2.06. The normalized spacial score (nSPS) is 15.4. The highest BCUT2D eigenvalue weighted by molar-refractivity contribution is 7.51. The number of carbonyl (C=O) groups is 1. The first-order valence-corrected chi connectivity index (χ1v) is 9.60. The molecule has 0 radical (unpaired) electrons. The third kappa shape index (κ3) is 5.85. The molecule has 0 aliphatic carbocycles. The van der Waals surface area contributed by atoms with Crippen molar-refractivity contribution in [2.75, 3.05) is 6.61 Å². The molecular weight excluding hydrogens is 341 g/mol. The van der Waals surface area contributed by atoms with E-state index in [0.29, 0.717) is 5.39 Å². The van der Waals surface area contributed by atoms with Gasteiger partial charge in [0.05, 0.1) is 6.61 Å². The van der Waals surface area contributed by atoms with Crippen molar-refractivity contribution < 1.29 is 23.5 Å². The van der Waals surface area contributed by atoms with Crippen molar-refractivity contribution in [2.45, 2.75) is 33.7 Å². The zero-order valence-corrected chi connectivity index (χ0v) is 15.7. The van der Waals surface area contributed by atoms with E-state index in [2.05, 4.69) is 5.09 Å². The molecule has 2 atom stereocenters. The summed E-state index contributed by atoms with van der Waals surface area (Å²) < 4.78 is 22.8. The molecule has 25 heavy (non-hydrogen) atoms. The third-order valence-electron chi connectivity index (χ3n) is 3.33. The molecule has 0 heterocycles. The summed E-state index contributed by atoms with van der Waals surface area (Å²) in [5.74, 6) is -0.336. The van der Waals surface area contributed by atoms with E-state index in [4.69, 9.17) is 9.26 Å². The van der Waals surface area contributed by atoms with Gasteiger partial charge in [0.15, 0.2) is 0 Å². The number of benzene rings is 2. The predicted octanol–water partition coefficient (Wildman–Crippen LogP) is 3.89. The molecule has 0 amide bonds. The molecule has 0 aromatic heterocycles. The first-order valence-electron chi connectivity index (χ1n) is 8.02. The fraction of sp³-hybridized carbons (Fsp3) is 0.389. The predicted molar refractivity (Wildman–Crippen MR) is 97.4 cm³/mol. The molecule has 2 N–H and O–H groups in total. The van der Waals surface area contributed by atoms with Gasteiger partial charge in [-0.2, -0.15) is 5.09 Å². The lowest BCUT2D eigenvalue weighted by atomic mass is 9.99. The lowest BCUT2D eigenvalue weighted by molar-refractivity contribution is -0.148. The van der Waals surface area contributed by atoms with Crippen LogP contribution in [0.3, 0.4) is 0 Å². The lowest BCUT2D eigenvalue weighted by Crippen LogP contribution is -2.35. The number of fused-ring (bicyclic) bond motifs is 1. The summed E-state index contributed by atoms with van der Waals surface area (Å²) >= 11 is 0. The van der Waals surface area contributed by atoms with Gasteiger partial charge in [0.2, 0.25) is 0 Å². The van der Waals surface area contributed by atoms with Crippen LogP contribution < -0.4 is 9.61 Å². The van der Waals surface area contributed by atoms with Crippen LogP contribution in [0.4, 0.5) is 0 Å². The van der Waals surface area contributed by atoms with Gasteiger partial charge in [0.1, 0.15) is 11.8 Å². The van der Waals surface area contributed by atoms with Crippen molar-refractivity contribution in [1.29, 1.82) is 0 Å². The number of nitrogens with one attached hydrogen (secondary N) is 1. The van der Waals surface area contributed by atoms with E-state index >= 15 is 0 Å². The fourth-order valence-corrected chi connectivity index (χ4v) is 3.22. The van der Waals surface area contributed by atoms with Crippen LogP contribution in [0.25, 0.3) is 10.8 Å². The molecule has 0 fully saturated rings. The molecular formula is C18H24NO5P. The molecule has 2 rings (SSSR count). The number of esters is 1. The molecule has 2 aromatic rings. The Kier molecular flexibility index (Phi) is 5.88. The summed E-state index contributed by atoms with van der Waals surface area (Å²) in [5, 5.41) is 3.92. The molecule has 0 aliphatic rings. The van der Waals surface area contributed by atoms with Gasteiger partial charge >= 0.3 is 13.7 Å². The van der Waals surface area contributed by atoms with Crippen molar-refractivity contribution >= 4 is 24.5 Å². The molecule has 2 unspecified atom stereocenters. The summed E-state index contributed by atoms with van der Waals surface area (Å²) in [4.78, 5) is 22.0. The first-order chi connectivity index (χ1) is 11.6. The number of rotatable bonds is 6. The minimum absolute atomic E-state index is 0.183. The van der Waals surface area contributed by atoms with Crippen molar-refractivity contribution in [3.05, 3.63) is 42.5 Å². The lowest BCUT2D eigenvalue weighted by Gasteiger charge is -2.22. The average Bonchev–Trinajstić information content (AvgIpc) is 2.51. The van der Waals surface area contributed by atoms with Crippen molar-refractivity contribution in [3.63, 3.8) is 0 Å². The Labute approximate surface area is 147 Å². The van der Waals surface area contributed by atoms with Crippen molar-refractivity contribution in [3.8, 4) is 5.75 Å². The molecule has 0 spiro atoms. The monoisotopic (exact) mass is 365 g/mol. The van der Waals surface area contributed by atoms with Crippen LogP contribution in [0, 0.1) is 5.41 Å². The van der Waals surface area contributed by atoms with E-state index in [9.17, 15) is 14.3 Å². The van der Waals surface area contributed by atoms with Crippen molar-refractivity contribution in [1.82, 2.24) is 5.09 Å². The molecule has 7 heteroatoms. The van der Waals surface area contributed by atoms with Crippen LogP contribution in [-0.2, 0) is 14.1 Å². The Morgan fingerprint density at radius 2 is 1.84 bits per heavy atom. The van der Waals surface area contributed by atoms with E-state index in [-0.39, 0.29) is 17.8 Å². The van der Waals surface area contributed by atoms with Crippen LogP contribution in [0.5, 0.6) is 5.75 Å². The highest BCUT2D eigenvalue weighted by Crippen LogP contribution is 2.41. The molecule has 6 nitrogen and oxygen atoms in total. The molecule has 0 aliphatic heterocycles. The van der Waals surface area contributed by atoms with E-state index in [1.165, 1.54) is 6.92 Å². The zero-order chi connectivity index (χ0) is 18.7. The van der Waals surface area contributed by atoms with Gasteiger partial charge in [-0.3, -0.25) is 4.79 Å². The number of ether oxygens (including phenoxy) is 1. The Hall–Kier alpha value is -1.88. The number of hydrogen-bond donors (Lipinski definition) is 2. The van der Waals surface area contributed by atoms with Crippen LogP contribution in [0.2, 0.25) is 0 Å². The standard InChI is InChI=1S/C18H24NO5P/c1-13(17(20)23-12-18(2,3)4)19-25(21,22)24-16-11-7-9-14-8-5-6-10-15(14)16/h5-11,13H,12H2,1-4H3,(H2,19,21,22). The van der Waals surface area contributed by atoms with E-state index in [1.807, 2.05) is 45.0 Å². The van der Waals surface area contributed by atoms with Gasteiger partial charge in [-0.15, -0.1) is 0 Å². The van der Waals surface area contributed by atoms with Gasteiger partial charge in [0.25, 0.3) is 0 Å². The summed E-state index contributed by atoms with van der Waals surface area (Å²) in [7, 11) is -4.24. The summed E-state index contributed by atoms with van der Waals surface area (Å²) in [6.07, 6.45) is 0. The van der Waals surface area contributed by atoms with Crippen LogP contribution >= 0.6 is 7.75 Å². The van der Waals surface area contributed by atoms with Gasteiger partial charge in [-0.05, 0) is 23.8 Å². The van der Waals surface area contributed by atoms with Gasteiger partial charge in [-0.1, -0.05) is 57.2 Å². The maximum Gasteiger partial charge on any atom is 0.456 e. The minimum atomic E-state index is -4.24. The van der Waals surface area contributed by atoms with Crippen molar-refractivity contribution in [2.24, 2.45) is 5.41 Å². The fourth-order valence-electron chi connectivity index (χ4n) is 2.15. The zero-order valence-electron chi connectivity index (χ0n) is 14.9. The highest BCUT2D eigenvalue weighted by atomic mass is 31.2. The first kappa shape index (κ1) is 19.4. The van der Waals surface area contributed by atoms with Crippen LogP contribution in [0.1, 0.15) is 27.7 Å². The maximum atomic E-state index is 12.4. The number of hydrogen-bond acceptors (Lipinski definition) is 4. The van der Waals surface area contributed by atoms with Gasteiger partial charge in [0, 0.05) is 5.39 Å². The smallest absolute Gasteiger partial charge is 0.456 e. The average molecular weight is 365 g/mol. The molecule has 136 valence electrons. The minimum Gasteiger partial charge on any atom is -0.464 e. The second kappa shape index (κ2) is 7.56. The van der Waals surface area contributed by atoms with E-state index in [0.717, 1.165) is 5.39 Å². The van der Waals surface area contributed by atoms with Crippen LogP contribution in [0.15, 0.2) is 42.5 Å². The van der Waals surface area contributed by atoms with Crippen LogP contribution in [-0.4, -0.2) is 23.5 Å². The second-order valence-corrected chi connectivity index (χ2v) is 8.59. The quantitative estimate of drug-likeness (QED) is 0.597. The second-order valence-electron chi connectivity index (χ2n) is 7.11. The molecule has 0 bridgehead atoms. The van der Waals surface area contributed by atoms with E-state index in [1.54, 1.807) is 18.2 Å². The van der Waals surface area contributed by atoms with Gasteiger partial charge < -0.3 is 14.2 Å². The number of carbonyl (C=O) groups excluding carboxylic acids is 1. The maximum absolute atomic E-state index is 12.4. The molecule has 0 saturated heterocycles. The topological polar surface area (TPSA) is 84.9 Å². The highest BCUT2D eigenvalue weighted by Gasteiger charge is 2.29. The SMILES string of the molecule is CC(NP(=O)(O)Oc1cccc2ccccc12)C(=O)OCC(C)(C)C. The van der Waals surface area contributed by atoms with E-state index < -0.39 is 19.8 Å². The molecule has 0 saturated carbocycles. The Morgan fingerprint density at radius 1 is 1.20 bits per heavy atom.